The highest BCUT2D eigenvalue weighted by Crippen LogP contribution is 2.18. The first-order chi connectivity index (χ1) is 12.4. The molecule has 8 nitrogen and oxygen atoms in total. The minimum Gasteiger partial charge on any atom is -0.452 e. The third-order valence-electron chi connectivity index (χ3n) is 3.42. The molecule has 0 spiro atoms. The molecule has 4 amide bonds. The molecular formula is C18H17N3O5. The van der Waals surface area contributed by atoms with Crippen LogP contribution in [0.25, 0.3) is 0 Å². The van der Waals surface area contributed by atoms with E-state index in [-0.39, 0.29) is 11.1 Å². The monoisotopic (exact) mass is 355 g/mol. The van der Waals surface area contributed by atoms with Crippen molar-refractivity contribution in [1.82, 2.24) is 5.32 Å². The first kappa shape index (κ1) is 18.7. The molecule has 2 aromatic rings. The van der Waals surface area contributed by atoms with E-state index in [1.54, 1.807) is 48.8 Å². The van der Waals surface area contributed by atoms with E-state index in [0.29, 0.717) is 5.69 Å². The molecule has 0 saturated carbocycles. The highest BCUT2D eigenvalue weighted by atomic mass is 16.5. The van der Waals surface area contributed by atoms with E-state index in [9.17, 15) is 19.2 Å². The summed E-state index contributed by atoms with van der Waals surface area (Å²) in [5.41, 5.74) is 5.59. The Morgan fingerprint density at radius 1 is 0.962 bits per heavy atom. The lowest BCUT2D eigenvalue weighted by atomic mass is 10.1. The summed E-state index contributed by atoms with van der Waals surface area (Å²) < 4.78 is 4.84. The van der Waals surface area contributed by atoms with Crippen LogP contribution in [-0.4, -0.2) is 37.5 Å². The largest absolute Gasteiger partial charge is 0.452 e. The van der Waals surface area contributed by atoms with Crippen molar-refractivity contribution >= 4 is 29.5 Å². The minimum atomic E-state index is -1.05. The Hall–Kier alpha value is -3.68. The minimum absolute atomic E-state index is 0.00663. The first-order valence-electron chi connectivity index (χ1n) is 7.58. The number of imide groups is 1. The molecule has 0 atom stereocenters. The standard InChI is InChI=1S/C18H17N3O5/c1-21(12-7-3-2-4-8-12)16(23)13-9-5-6-10-14(13)17(24)26-11-15(22)20-18(19)25/h2-10H,11H2,1H3,(H3,19,20,22,25). The van der Waals surface area contributed by atoms with Gasteiger partial charge in [-0.25, -0.2) is 9.59 Å². The Bertz CT molecular complexity index is 836. The van der Waals surface area contributed by atoms with Crippen LogP contribution in [0.1, 0.15) is 20.7 Å². The summed E-state index contributed by atoms with van der Waals surface area (Å²) in [7, 11) is 1.58. The van der Waals surface area contributed by atoms with E-state index in [2.05, 4.69) is 0 Å². The van der Waals surface area contributed by atoms with Crippen molar-refractivity contribution in [2.45, 2.75) is 0 Å². The van der Waals surface area contributed by atoms with Gasteiger partial charge >= 0.3 is 12.0 Å². The SMILES string of the molecule is CN(C(=O)c1ccccc1C(=O)OCC(=O)NC(N)=O)c1ccccc1. The Labute approximate surface area is 149 Å². The number of benzene rings is 2. The van der Waals surface area contributed by atoms with Gasteiger partial charge in [0.05, 0.1) is 11.1 Å². The number of esters is 1. The van der Waals surface area contributed by atoms with Gasteiger partial charge in [-0.2, -0.15) is 0 Å². The predicted molar refractivity (Wildman–Crippen MR) is 93.6 cm³/mol. The number of para-hydroxylation sites is 1. The lowest BCUT2D eigenvalue weighted by Gasteiger charge is -2.18. The molecular weight excluding hydrogens is 338 g/mol. The first-order valence-corrected chi connectivity index (χ1v) is 7.58. The van der Waals surface area contributed by atoms with Crippen molar-refractivity contribution in [2.24, 2.45) is 5.73 Å². The fourth-order valence-corrected chi connectivity index (χ4v) is 2.18. The van der Waals surface area contributed by atoms with Gasteiger partial charge in [-0.05, 0) is 24.3 Å². The summed E-state index contributed by atoms with van der Waals surface area (Å²) in [4.78, 5) is 48.3. The highest BCUT2D eigenvalue weighted by molar-refractivity contribution is 6.12. The van der Waals surface area contributed by atoms with Gasteiger partial charge in [0.15, 0.2) is 6.61 Å². The van der Waals surface area contributed by atoms with Crippen LogP contribution in [-0.2, 0) is 9.53 Å². The molecule has 26 heavy (non-hydrogen) atoms. The summed E-state index contributed by atoms with van der Waals surface area (Å²) in [6, 6.07) is 14.0. The van der Waals surface area contributed by atoms with Crippen molar-refractivity contribution in [3.8, 4) is 0 Å². The molecule has 0 radical (unpaired) electrons. The van der Waals surface area contributed by atoms with E-state index in [0.717, 1.165) is 0 Å². The molecule has 0 aromatic heterocycles. The summed E-state index contributed by atoms with van der Waals surface area (Å²) in [6.07, 6.45) is 0. The average Bonchev–Trinajstić information content (AvgIpc) is 2.65. The maximum atomic E-state index is 12.7. The fraction of sp³-hybridized carbons (Fsp3) is 0.111. The number of amides is 4. The predicted octanol–water partition coefficient (Wildman–Crippen LogP) is 1.31. The topological polar surface area (TPSA) is 119 Å². The molecule has 0 heterocycles. The average molecular weight is 355 g/mol. The van der Waals surface area contributed by atoms with Crippen LogP contribution in [0.4, 0.5) is 10.5 Å². The van der Waals surface area contributed by atoms with Crippen molar-refractivity contribution in [3.05, 3.63) is 65.7 Å². The number of hydrogen-bond donors (Lipinski definition) is 2. The second kappa shape index (κ2) is 8.43. The third kappa shape index (κ3) is 4.67. The van der Waals surface area contributed by atoms with Crippen molar-refractivity contribution in [1.29, 1.82) is 0 Å². The molecule has 3 N–H and O–H groups in total. The number of urea groups is 1. The lowest BCUT2D eigenvalue weighted by Crippen LogP contribution is -2.38. The Morgan fingerprint density at radius 3 is 2.15 bits per heavy atom. The number of ether oxygens (including phenoxy) is 1. The van der Waals surface area contributed by atoms with Crippen LogP contribution in [0.3, 0.4) is 0 Å². The van der Waals surface area contributed by atoms with Gasteiger partial charge in [0.1, 0.15) is 0 Å². The normalized spacial score (nSPS) is 9.88. The number of hydrogen-bond acceptors (Lipinski definition) is 5. The summed E-state index contributed by atoms with van der Waals surface area (Å²) in [6.45, 7) is -0.696. The third-order valence-corrected chi connectivity index (χ3v) is 3.42. The van der Waals surface area contributed by atoms with Crippen molar-refractivity contribution in [3.63, 3.8) is 0 Å². The van der Waals surface area contributed by atoms with Gasteiger partial charge in [-0.15, -0.1) is 0 Å². The molecule has 0 aliphatic carbocycles. The molecule has 0 aliphatic heterocycles. The number of anilines is 1. The van der Waals surface area contributed by atoms with Gasteiger partial charge in [-0.3, -0.25) is 14.9 Å². The van der Waals surface area contributed by atoms with Gasteiger partial charge in [0.25, 0.3) is 11.8 Å². The van der Waals surface area contributed by atoms with Crippen LogP contribution in [0.2, 0.25) is 0 Å². The molecule has 0 aliphatic rings. The fourth-order valence-electron chi connectivity index (χ4n) is 2.18. The van der Waals surface area contributed by atoms with Crippen LogP contribution in [0.15, 0.2) is 54.6 Å². The van der Waals surface area contributed by atoms with Gasteiger partial charge < -0.3 is 15.4 Å². The van der Waals surface area contributed by atoms with E-state index in [4.69, 9.17) is 10.5 Å². The number of carbonyl (C=O) groups excluding carboxylic acids is 4. The van der Waals surface area contributed by atoms with E-state index in [1.807, 2.05) is 6.07 Å². The van der Waals surface area contributed by atoms with Crippen molar-refractivity contribution in [2.75, 3.05) is 18.6 Å². The van der Waals surface area contributed by atoms with Gasteiger partial charge in [0.2, 0.25) is 0 Å². The molecule has 0 fully saturated rings. The van der Waals surface area contributed by atoms with Crippen molar-refractivity contribution < 1.29 is 23.9 Å². The molecule has 134 valence electrons. The zero-order chi connectivity index (χ0) is 19.1. The van der Waals surface area contributed by atoms with Crippen LogP contribution in [0.5, 0.6) is 0 Å². The van der Waals surface area contributed by atoms with Crippen LogP contribution < -0.4 is 16.0 Å². The molecule has 2 aromatic carbocycles. The van der Waals surface area contributed by atoms with E-state index >= 15 is 0 Å². The molecule has 0 unspecified atom stereocenters. The zero-order valence-corrected chi connectivity index (χ0v) is 14.0. The van der Waals surface area contributed by atoms with E-state index < -0.39 is 30.4 Å². The van der Waals surface area contributed by atoms with Crippen LogP contribution >= 0.6 is 0 Å². The number of nitrogens with two attached hydrogens (primary N) is 1. The smallest absolute Gasteiger partial charge is 0.339 e. The number of carbonyl (C=O) groups is 4. The Kier molecular flexibility index (Phi) is 6.05. The van der Waals surface area contributed by atoms with E-state index in [1.165, 1.54) is 17.0 Å². The second-order valence-electron chi connectivity index (χ2n) is 5.23. The number of nitrogens with zero attached hydrogens (tertiary/aromatic N) is 1. The summed E-state index contributed by atoms with van der Waals surface area (Å²) in [5.74, 6) is -2.14. The Morgan fingerprint density at radius 2 is 1.54 bits per heavy atom. The lowest BCUT2D eigenvalue weighted by molar-refractivity contribution is -0.123. The molecule has 2 rings (SSSR count). The van der Waals surface area contributed by atoms with Gasteiger partial charge in [0, 0.05) is 12.7 Å². The summed E-state index contributed by atoms with van der Waals surface area (Å²) >= 11 is 0. The molecule has 0 saturated heterocycles. The maximum Gasteiger partial charge on any atom is 0.339 e. The highest BCUT2D eigenvalue weighted by Gasteiger charge is 2.22. The molecule has 0 bridgehead atoms. The zero-order valence-electron chi connectivity index (χ0n) is 14.0. The number of rotatable bonds is 5. The Balaban J connectivity index is 2.16. The number of primary amides is 1. The quantitative estimate of drug-likeness (QED) is 0.784. The molecule has 8 heteroatoms. The maximum absolute atomic E-state index is 12.7. The number of nitrogens with one attached hydrogen (secondary N) is 1. The summed E-state index contributed by atoms with van der Waals surface area (Å²) in [5, 5.41) is 1.77. The van der Waals surface area contributed by atoms with Gasteiger partial charge in [-0.1, -0.05) is 30.3 Å². The van der Waals surface area contributed by atoms with Crippen LogP contribution in [0, 0.1) is 0 Å². The second-order valence-corrected chi connectivity index (χ2v) is 5.23.